The van der Waals surface area contributed by atoms with Crippen LogP contribution in [0.2, 0.25) is 0 Å². The molecule has 0 fully saturated rings. The number of hydrogen-bond acceptors (Lipinski definition) is 5. The quantitative estimate of drug-likeness (QED) is 0.442. The van der Waals surface area contributed by atoms with Gasteiger partial charge in [-0.2, -0.15) is 0 Å². The molecule has 1 heterocycles. The fraction of sp³-hybridized carbons (Fsp3) is 0.167. The Morgan fingerprint density at radius 2 is 2.00 bits per heavy atom. The van der Waals surface area contributed by atoms with E-state index in [1.165, 1.54) is 19.1 Å². The first-order valence-electron chi connectivity index (χ1n) is 4.89. The van der Waals surface area contributed by atoms with Crippen LogP contribution in [0.5, 0.6) is 11.5 Å². The van der Waals surface area contributed by atoms with Gasteiger partial charge in [0, 0.05) is 5.57 Å². The molecule has 5 heteroatoms. The van der Waals surface area contributed by atoms with Crippen molar-refractivity contribution in [3.63, 3.8) is 0 Å². The van der Waals surface area contributed by atoms with E-state index in [9.17, 15) is 9.59 Å². The van der Waals surface area contributed by atoms with Gasteiger partial charge in [-0.25, -0.2) is 9.59 Å². The van der Waals surface area contributed by atoms with Crippen molar-refractivity contribution in [2.75, 3.05) is 6.79 Å². The lowest BCUT2D eigenvalue weighted by Crippen LogP contribution is -2.12. The smallest absolute Gasteiger partial charge is 0.346 e. The molecule has 1 aliphatic rings. The molecule has 0 saturated heterocycles. The lowest BCUT2D eigenvalue weighted by atomic mass is 10.2. The van der Waals surface area contributed by atoms with Crippen LogP contribution in [0, 0.1) is 0 Å². The standard InChI is InChI=1S/C12H10O5/c1-7(2)11(13)17-12(14)8-3-4-9-10(5-8)16-6-15-9/h3-5H,1,6H2,2H3. The summed E-state index contributed by atoms with van der Waals surface area (Å²) in [7, 11) is 0. The molecule has 1 aromatic carbocycles. The van der Waals surface area contributed by atoms with Gasteiger partial charge in [0.25, 0.3) is 0 Å². The predicted octanol–water partition coefficient (Wildman–Crippen LogP) is 1.67. The van der Waals surface area contributed by atoms with Crippen LogP contribution < -0.4 is 9.47 Å². The SMILES string of the molecule is C=C(C)C(=O)OC(=O)c1ccc2c(c1)OCO2. The van der Waals surface area contributed by atoms with Gasteiger partial charge in [-0.15, -0.1) is 0 Å². The zero-order valence-electron chi connectivity index (χ0n) is 9.19. The van der Waals surface area contributed by atoms with Gasteiger partial charge < -0.3 is 14.2 Å². The van der Waals surface area contributed by atoms with Crippen molar-refractivity contribution in [2.24, 2.45) is 0 Å². The van der Waals surface area contributed by atoms with Crippen molar-refractivity contribution in [1.29, 1.82) is 0 Å². The molecule has 0 bridgehead atoms. The number of hydrogen-bond donors (Lipinski definition) is 0. The van der Waals surface area contributed by atoms with E-state index in [0.29, 0.717) is 11.5 Å². The fourth-order valence-corrected chi connectivity index (χ4v) is 1.25. The lowest BCUT2D eigenvalue weighted by Gasteiger charge is -2.03. The highest BCUT2D eigenvalue weighted by molar-refractivity contribution is 6.02. The molecule has 88 valence electrons. The molecule has 0 unspecified atom stereocenters. The molecule has 0 radical (unpaired) electrons. The van der Waals surface area contributed by atoms with Crippen LogP contribution in [0.1, 0.15) is 17.3 Å². The van der Waals surface area contributed by atoms with Crippen LogP contribution in [0.4, 0.5) is 0 Å². The highest BCUT2D eigenvalue weighted by Crippen LogP contribution is 2.32. The topological polar surface area (TPSA) is 61.8 Å². The minimum Gasteiger partial charge on any atom is -0.454 e. The molecule has 0 atom stereocenters. The number of esters is 2. The molecule has 0 spiro atoms. The van der Waals surface area contributed by atoms with Crippen molar-refractivity contribution >= 4 is 11.9 Å². The van der Waals surface area contributed by atoms with Gasteiger partial charge >= 0.3 is 11.9 Å². The van der Waals surface area contributed by atoms with E-state index in [4.69, 9.17) is 9.47 Å². The molecule has 2 rings (SSSR count). The second kappa shape index (κ2) is 4.29. The number of ether oxygens (including phenoxy) is 3. The third kappa shape index (κ3) is 2.28. The van der Waals surface area contributed by atoms with Gasteiger partial charge in [0.1, 0.15) is 0 Å². The average Bonchev–Trinajstić information content (AvgIpc) is 2.75. The molecular formula is C12H10O5. The first-order valence-corrected chi connectivity index (χ1v) is 4.89. The van der Waals surface area contributed by atoms with E-state index in [2.05, 4.69) is 11.3 Å². The summed E-state index contributed by atoms with van der Waals surface area (Å²) in [5, 5.41) is 0. The first kappa shape index (κ1) is 11.2. The van der Waals surface area contributed by atoms with E-state index in [1.54, 1.807) is 6.07 Å². The van der Waals surface area contributed by atoms with Crippen LogP contribution in [-0.4, -0.2) is 18.7 Å². The Labute approximate surface area is 97.6 Å². The van der Waals surface area contributed by atoms with Gasteiger partial charge in [0.05, 0.1) is 5.56 Å². The normalized spacial score (nSPS) is 12.1. The van der Waals surface area contributed by atoms with E-state index >= 15 is 0 Å². The summed E-state index contributed by atoms with van der Waals surface area (Å²) < 4.78 is 14.8. The summed E-state index contributed by atoms with van der Waals surface area (Å²) in [6.07, 6.45) is 0. The third-order valence-electron chi connectivity index (χ3n) is 2.14. The number of benzene rings is 1. The van der Waals surface area contributed by atoms with Crippen LogP contribution in [0.3, 0.4) is 0 Å². The summed E-state index contributed by atoms with van der Waals surface area (Å²) in [5.41, 5.74) is 0.392. The molecular weight excluding hydrogens is 224 g/mol. The fourth-order valence-electron chi connectivity index (χ4n) is 1.25. The summed E-state index contributed by atoms with van der Waals surface area (Å²) in [6.45, 7) is 4.98. The Bertz CT molecular complexity index is 504. The van der Waals surface area contributed by atoms with Gasteiger partial charge in [0.2, 0.25) is 6.79 Å². The van der Waals surface area contributed by atoms with Gasteiger partial charge in [0.15, 0.2) is 11.5 Å². The van der Waals surface area contributed by atoms with E-state index < -0.39 is 11.9 Å². The number of carbonyl (C=O) groups is 2. The molecule has 1 aromatic rings. The van der Waals surface area contributed by atoms with E-state index in [-0.39, 0.29) is 17.9 Å². The minimum atomic E-state index is -0.743. The molecule has 0 aromatic heterocycles. The second-order valence-corrected chi connectivity index (χ2v) is 3.53. The largest absolute Gasteiger partial charge is 0.454 e. The monoisotopic (exact) mass is 234 g/mol. The van der Waals surface area contributed by atoms with E-state index in [0.717, 1.165) is 0 Å². The third-order valence-corrected chi connectivity index (χ3v) is 2.14. The van der Waals surface area contributed by atoms with Crippen molar-refractivity contribution in [3.05, 3.63) is 35.9 Å². The zero-order valence-corrected chi connectivity index (χ0v) is 9.19. The summed E-state index contributed by atoms with van der Waals surface area (Å²) in [4.78, 5) is 22.7. The highest BCUT2D eigenvalue weighted by Gasteiger charge is 2.18. The molecule has 0 amide bonds. The van der Waals surface area contributed by atoms with Crippen molar-refractivity contribution < 1.29 is 23.8 Å². The molecule has 0 aliphatic carbocycles. The molecule has 1 aliphatic heterocycles. The zero-order chi connectivity index (χ0) is 12.4. The van der Waals surface area contributed by atoms with Crippen molar-refractivity contribution in [2.45, 2.75) is 6.92 Å². The molecule has 0 N–H and O–H groups in total. The maximum absolute atomic E-state index is 11.6. The first-order chi connectivity index (χ1) is 8.08. The Hall–Kier alpha value is -2.30. The summed E-state index contributed by atoms with van der Waals surface area (Å²) >= 11 is 0. The van der Waals surface area contributed by atoms with Crippen LogP contribution in [0.25, 0.3) is 0 Å². The molecule has 0 saturated carbocycles. The van der Waals surface area contributed by atoms with Crippen molar-refractivity contribution in [1.82, 2.24) is 0 Å². The second-order valence-electron chi connectivity index (χ2n) is 3.53. The molecule has 17 heavy (non-hydrogen) atoms. The summed E-state index contributed by atoms with van der Waals surface area (Å²) in [6, 6.07) is 4.56. The molecule has 5 nitrogen and oxygen atoms in total. The maximum atomic E-state index is 11.6. The number of carbonyl (C=O) groups excluding carboxylic acids is 2. The maximum Gasteiger partial charge on any atom is 0.346 e. The van der Waals surface area contributed by atoms with Crippen molar-refractivity contribution in [3.8, 4) is 11.5 Å². The Morgan fingerprint density at radius 1 is 1.29 bits per heavy atom. The van der Waals surface area contributed by atoms with Crippen LogP contribution in [-0.2, 0) is 9.53 Å². The Balaban J connectivity index is 2.15. The van der Waals surface area contributed by atoms with Gasteiger partial charge in [-0.1, -0.05) is 6.58 Å². The lowest BCUT2D eigenvalue weighted by molar-refractivity contribution is -0.133. The number of fused-ring (bicyclic) bond motifs is 1. The average molecular weight is 234 g/mol. The Kier molecular flexibility index (Phi) is 2.82. The van der Waals surface area contributed by atoms with Gasteiger partial charge in [-0.3, -0.25) is 0 Å². The minimum absolute atomic E-state index is 0.124. The van der Waals surface area contributed by atoms with Gasteiger partial charge in [-0.05, 0) is 25.1 Å². The van der Waals surface area contributed by atoms with Crippen LogP contribution in [0.15, 0.2) is 30.4 Å². The highest BCUT2D eigenvalue weighted by atomic mass is 16.7. The predicted molar refractivity (Wildman–Crippen MR) is 57.8 cm³/mol. The van der Waals surface area contributed by atoms with Crippen LogP contribution >= 0.6 is 0 Å². The summed E-state index contributed by atoms with van der Waals surface area (Å²) in [5.74, 6) is -0.459. The number of rotatable bonds is 2. The van der Waals surface area contributed by atoms with E-state index in [1.807, 2.05) is 0 Å². The Morgan fingerprint density at radius 3 is 2.71 bits per heavy atom.